The van der Waals surface area contributed by atoms with Crippen LogP contribution in [0.1, 0.15) is 40.8 Å². The monoisotopic (exact) mass is 498 g/mol. The molecule has 0 aliphatic heterocycles. The molecule has 0 saturated heterocycles. The Morgan fingerprint density at radius 2 is 2.10 bits per heavy atom. The number of nitrogens with zero attached hydrogens (tertiary/aromatic N) is 1. The lowest BCUT2D eigenvalue weighted by atomic mass is 10.1. The number of thiazole rings is 1. The van der Waals surface area contributed by atoms with Crippen LogP contribution in [0.4, 0.5) is 13.2 Å². The third kappa shape index (κ3) is 4.46. The van der Waals surface area contributed by atoms with Crippen molar-refractivity contribution in [3.8, 4) is 21.8 Å². The number of alkyl halides is 3. The van der Waals surface area contributed by atoms with E-state index in [9.17, 15) is 18.0 Å². The van der Waals surface area contributed by atoms with Crippen LogP contribution in [0.25, 0.3) is 21.8 Å². The number of rotatable bonds is 6. The molecule has 3 aromatic rings. The highest BCUT2D eigenvalue weighted by Gasteiger charge is 2.40. The van der Waals surface area contributed by atoms with Crippen LogP contribution >= 0.6 is 27.3 Å². The second kappa shape index (κ2) is 8.19. The van der Waals surface area contributed by atoms with E-state index in [-0.39, 0.29) is 11.6 Å². The van der Waals surface area contributed by atoms with Crippen molar-refractivity contribution in [3.05, 3.63) is 51.1 Å². The van der Waals surface area contributed by atoms with E-state index < -0.39 is 22.7 Å². The lowest BCUT2D eigenvalue weighted by Gasteiger charge is -2.05. The van der Waals surface area contributed by atoms with Gasteiger partial charge in [-0.3, -0.25) is 0 Å². The molecule has 4 rings (SSSR count). The van der Waals surface area contributed by atoms with Gasteiger partial charge < -0.3 is 9.72 Å². The molecule has 0 atom stereocenters. The number of carbonyl (C=O) groups is 1. The molecule has 1 N–H and O–H groups in total. The van der Waals surface area contributed by atoms with E-state index in [0.717, 1.165) is 40.7 Å². The molecule has 0 bridgehead atoms. The van der Waals surface area contributed by atoms with Gasteiger partial charge in [0, 0.05) is 21.4 Å². The maximum atomic E-state index is 13.6. The fourth-order valence-corrected chi connectivity index (χ4v) is 4.60. The van der Waals surface area contributed by atoms with Crippen molar-refractivity contribution in [2.24, 2.45) is 5.92 Å². The third-order valence-electron chi connectivity index (χ3n) is 4.81. The van der Waals surface area contributed by atoms with Gasteiger partial charge in [0.15, 0.2) is 5.69 Å². The molecule has 9 heteroatoms. The summed E-state index contributed by atoms with van der Waals surface area (Å²) in [6.45, 7) is 1.52. The minimum absolute atomic E-state index is 0.0207. The molecule has 1 aromatic carbocycles. The number of carbonyl (C=O) groups excluding carboxylic acids is 1. The van der Waals surface area contributed by atoms with Crippen LogP contribution in [0.3, 0.4) is 0 Å². The molecule has 4 nitrogen and oxygen atoms in total. The predicted octanol–water partition coefficient (Wildman–Crippen LogP) is 6.72. The van der Waals surface area contributed by atoms with Crippen LogP contribution in [0.15, 0.2) is 34.8 Å². The first-order valence-corrected chi connectivity index (χ1v) is 11.1. The molecule has 1 aliphatic carbocycles. The van der Waals surface area contributed by atoms with Gasteiger partial charge in [0.1, 0.15) is 9.88 Å². The van der Waals surface area contributed by atoms with Crippen LogP contribution < -0.4 is 0 Å². The van der Waals surface area contributed by atoms with Gasteiger partial charge in [-0.05, 0) is 55.9 Å². The first kappa shape index (κ1) is 21.1. The van der Waals surface area contributed by atoms with E-state index in [1.165, 1.54) is 0 Å². The predicted molar refractivity (Wildman–Crippen MR) is 112 cm³/mol. The van der Waals surface area contributed by atoms with Crippen molar-refractivity contribution in [3.63, 3.8) is 0 Å². The topological polar surface area (TPSA) is 55.0 Å². The van der Waals surface area contributed by atoms with Crippen LogP contribution in [0.5, 0.6) is 0 Å². The first-order valence-electron chi connectivity index (χ1n) is 9.49. The summed E-state index contributed by atoms with van der Waals surface area (Å²) in [5, 5.41) is 0.165. The van der Waals surface area contributed by atoms with Crippen molar-refractivity contribution in [1.29, 1.82) is 0 Å². The van der Waals surface area contributed by atoms with E-state index in [0.29, 0.717) is 22.8 Å². The second-order valence-corrected chi connectivity index (χ2v) is 9.06. The fourth-order valence-electron chi connectivity index (χ4n) is 3.24. The molecule has 30 heavy (non-hydrogen) atoms. The maximum Gasteiger partial charge on any atom is 0.428 e. The Bertz CT molecular complexity index is 1090. The highest BCUT2D eigenvalue weighted by atomic mass is 79.9. The fraction of sp³-hybridized carbons (Fsp3) is 0.333. The van der Waals surface area contributed by atoms with Gasteiger partial charge in [0.05, 0.1) is 6.61 Å². The highest BCUT2D eigenvalue weighted by molar-refractivity contribution is 9.10. The molecule has 0 amide bonds. The highest BCUT2D eigenvalue weighted by Crippen LogP contribution is 2.43. The minimum Gasteiger partial charge on any atom is -0.461 e. The number of hydrogen-bond acceptors (Lipinski definition) is 4. The molecule has 1 aliphatic rings. The van der Waals surface area contributed by atoms with E-state index in [1.54, 1.807) is 6.92 Å². The smallest absolute Gasteiger partial charge is 0.428 e. The van der Waals surface area contributed by atoms with Gasteiger partial charge in [-0.25, -0.2) is 9.78 Å². The number of nitrogens with one attached hydrogen (secondary N) is 1. The molecular weight excluding hydrogens is 481 g/mol. The Morgan fingerprint density at radius 3 is 2.73 bits per heavy atom. The number of aromatic nitrogens is 2. The normalized spacial score (nSPS) is 14.2. The number of benzene rings is 1. The molecule has 1 fully saturated rings. The molecule has 0 radical (unpaired) electrons. The number of aromatic amines is 1. The van der Waals surface area contributed by atoms with Crippen molar-refractivity contribution in [1.82, 2.24) is 9.97 Å². The zero-order valence-electron chi connectivity index (χ0n) is 16.0. The van der Waals surface area contributed by atoms with Crippen molar-refractivity contribution < 1.29 is 22.7 Å². The summed E-state index contributed by atoms with van der Waals surface area (Å²) in [5.41, 5.74) is 2.47. The molecule has 0 spiro atoms. The van der Waals surface area contributed by atoms with Crippen LogP contribution in [-0.2, 0) is 17.3 Å². The Balaban J connectivity index is 1.81. The second-order valence-electron chi connectivity index (χ2n) is 7.15. The zero-order chi connectivity index (χ0) is 21.5. The van der Waals surface area contributed by atoms with Gasteiger partial charge in [0.2, 0.25) is 0 Å². The van der Waals surface area contributed by atoms with E-state index in [2.05, 4.69) is 25.9 Å². The molecule has 2 heterocycles. The molecule has 0 unspecified atom stereocenters. The largest absolute Gasteiger partial charge is 0.461 e. The van der Waals surface area contributed by atoms with Crippen LogP contribution in [-0.4, -0.2) is 22.5 Å². The molecule has 2 aromatic heterocycles. The maximum absolute atomic E-state index is 13.6. The Morgan fingerprint density at radius 1 is 1.33 bits per heavy atom. The molecule has 1 saturated carbocycles. The van der Waals surface area contributed by atoms with Gasteiger partial charge in [0.25, 0.3) is 0 Å². The first-order chi connectivity index (χ1) is 14.3. The van der Waals surface area contributed by atoms with Crippen molar-refractivity contribution >= 4 is 33.2 Å². The van der Waals surface area contributed by atoms with Gasteiger partial charge in [-0.1, -0.05) is 28.1 Å². The summed E-state index contributed by atoms with van der Waals surface area (Å²) in [4.78, 5) is 18.5. The number of H-pyrrole nitrogens is 1. The summed E-state index contributed by atoms with van der Waals surface area (Å²) < 4.78 is 46.4. The number of ether oxygens (including phenoxy) is 1. The lowest BCUT2D eigenvalue weighted by Crippen LogP contribution is -2.13. The molecule has 158 valence electrons. The summed E-state index contributed by atoms with van der Waals surface area (Å²) in [5.74, 6) is -0.539. The van der Waals surface area contributed by atoms with Crippen LogP contribution in [0.2, 0.25) is 0 Å². The standard InChI is InChI=1S/C21H18BrF3N2O2S/c1-2-29-20(28)17-18(21(23,24)25)30-19(27-17)14-10-15(12-4-3-5-13(22)9-12)26-16(14)8-11-6-7-11/h3-5,9-11,26H,2,6-8H2,1H3. The Labute approximate surface area is 183 Å². The SMILES string of the molecule is CCOC(=O)c1nc(-c2cc(-c3cccc(Br)c3)[nH]c2CC2CC2)sc1C(F)(F)F. The Kier molecular flexibility index (Phi) is 5.76. The minimum atomic E-state index is -4.68. The van der Waals surface area contributed by atoms with Crippen molar-refractivity contribution in [2.75, 3.05) is 6.61 Å². The van der Waals surface area contributed by atoms with Gasteiger partial charge >= 0.3 is 12.1 Å². The third-order valence-corrected chi connectivity index (χ3v) is 6.44. The van der Waals surface area contributed by atoms with E-state index in [1.807, 2.05) is 30.3 Å². The summed E-state index contributed by atoms with van der Waals surface area (Å²) in [6, 6.07) is 9.47. The van der Waals surface area contributed by atoms with Gasteiger partial charge in [-0.15, -0.1) is 11.3 Å². The van der Waals surface area contributed by atoms with Gasteiger partial charge in [-0.2, -0.15) is 13.2 Å². The van der Waals surface area contributed by atoms with Crippen LogP contribution in [0, 0.1) is 5.92 Å². The Hall–Kier alpha value is -2.13. The van der Waals surface area contributed by atoms with E-state index in [4.69, 9.17) is 4.74 Å². The average Bonchev–Trinajstić information content (AvgIpc) is 3.21. The summed E-state index contributed by atoms with van der Waals surface area (Å²) >= 11 is 3.93. The lowest BCUT2D eigenvalue weighted by molar-refractivity contribution is -0.135. The average molecular weight is 499 g/mol. The van der Waals surface area contributed by atoms with E-state index >= 15 is 0 Å². The number of hydrogen-bond donors (Lipinski definition) is 1. The summed E-state index contributed by atoms with van der Waals surface area (Å²) in [7, 11) is 0. The quantitative estimate of drug-likeness (QED) is 0.384. The molecular formula is C21H18BrF3N2O2S. The number of esters is 1. The summed E-state index contributed by atoms with van der Waals surface area (Å²) in [6.07, 6.45) is -1.74. The zero-order valence-corrected chi connectivity index (χ0v) is 18.4. The number of halogens is 4. The van der Waals surface area contributed by atoms with Crippen molar-refractivity contribution in [2.45, 2.75) is 32.4 Å².